The molecule has 2 aromatic rings. The van der Waals surface area contributed by atoms with Crippen molar-refractivity contribution in [2.75, 3.05) is 0 Å². The van der Waals surface area contributed by atoms with E-state index in [2.05, 4.69) is 81.5 Å². The minimum Gasteiger partial charge on any atom is -0.255 e. The van der Waals surface area contributed by atoms with E-state index in [4.69, 9.17) is 9.98 Å². The van der Waals surface area contributed by atoms with Gasteiger partial charge in [-0.3, -0.25) is 4.99 Å². The second-order valence-corrected chi connectivity index (χ2v) is 16.7. The van der Waals surface area contributed by atoms with E-state index in [0.717, 1.165) is 36.3 Å². The first-order valence-electron chi connectivity index (χ1n) is 24.2. The Kier molecular flexibility index (Phi) is 37.0. The molecule has 320 valence electrons. The minimum absolute atomic E-state index is 0. The van der Waals surface area contributed by atoms with Crippen molar-refractivity contribution in [1.29, 1.82) is 0 Å². The largest absolute Gasteiger partial charge is 0.255 e. The molecule has 0 amide bonds. The molecule has 0 fully saturated rings. The van der Waals surface area contributed by atoms with Crippen molar-refractivity contribution in [3.8, 4) is 0 Å². The van der Waals surface area contributed by atoms with Crippen molar-refractivity contribution in [3.05, 3.63) is 71.8 Å². The van der Waals surface area contributed by atoms with Gasteiger partial charge in [0.2, 0.25) is 0 Å². The zero-order valence-electron chi connectivity index (χ0n) is 37.1. The molecule has 0 atom stereocenters. The van der Waals surface area contributed by atoms with E-state index in [1.807, 2.05) is 6.21 Å². The van der Waals surface area contributed by atoms with Gasteiger partial charge in [0.15, 0.2) is 0 Å². The summed E-state index contributed by atoms with van der Waals surface area (Å²) < 4.78 is 0. The molecule has 0 heterocycles. The molecule has 0 aliphatic carbocycles. The molecule has 0 spiro atoms. The Morgan fingerprint density at radius 2 is 0.714 bits per heavy atom. The number of aryl methyl sites for hydroxylation is 2. The Bertz CT molecular complexity index is 1200. The minimum atomic E-state index is 0. The number of hydrogen-bond acceptors (Lipinski definition) is 2. The van der Waals surface area contributed by atoms with E-state index in [9.17, 15) is 0 Å². The van der Waals surface area contributed by atoms with Gasteiger partial charge < -0.3 is 0 Å². The van der Waals surface area contributed by atoms with Crippen LogP contribution in [0.25, 0.3) is 0 Å². The summed E-state index contributed by atoms with van der Waals surface area (Å²) in [5, 5.41) is 0. The summed E-state index contributed by atoms with van der Waals surface area (Å²) in [5.74, 6) is 0. The van der Waals surface area contributed by atoms with Crippen LogP contribution in [0.5, 0.6) is 0 Å². The van der Waals surface area contributed by atoms with Gasteiger partial charge in [-0.2, -0.15) is 0 Å². The van der Waals surface area contributed by atoms with Crippen LogP contribution in [0, 0.1) is 0 Å². The molecular weight excluding hydrogens is 723 g/mol. The molecule has 56 heavy (non-hydrogen) atoms. The average molecular weight is 812 g/mol. The van der Waals surface area contributed by atoms with Crippen molar-refractivity contribution in [2.24, 2.45) is 9.98 Å². The predicted octanol–water partition coefficient (Wildman–Crippen LogP) is 18.3. The van der Waals surface area contributed by atoms with Crippen LogP contribution in [0.3, 0.4) is 0 Å². The monoisotopic (exact) mass is 811 g/mol. The fourth-order valence-electron chi connectivity index (χ4n) is 7.65. The third-order valence-corrected chi connectivity index (χ3v) is 11.4. The molecule has 0 aliphatic heterocycles. The number of nitrogens with zero attached hydrogens (tertiary/aromatic N) is 2. The van der Waals surface area contributed by atoms with Crippen molar-refractivity contribution >= 4 is 23.3 Å². The Balaban J connectivity index is 0.0000157. The molecule has 2 nitrogen and oxygen atoms in total. The van der Waals surface area contributed by atoms with Gasteiger partial charge in [0.25, 0.3) is 0 Å². The Morgan fingerprint density at radius 3 is 1.09 bits per heavy atom. The first-order valence-corrected chi connectivity index (χ1v) is 24.2. The van der Waals surface area contributed by atoms with Gasteiger partial charge in [-0.1, -0.05) is 231 Å². The van der Waals surface area contributed by atoms with Crippen LogP contribution in [0.4, 0.5) is 11.4 Å². The van der Waals surface area contributed by atoms with Crippen LogP contribution in [-0.4, -0.2) is 11.9 Å². The van der Waals surface area contributed by atoms with E-state index in [-0.39, 0.29) is 16.5 Å². The molecule has 0 aromatic heterocycles. The maximum Gasteiger partial charge on any atom is 0.0816 e. The normalized spacial score (nSPS) is 11.9. The number of benzene rings is 2. The molecule has 0 unspecified atom stereocenters. The topological polar surface area (TPSA) is 24.7 Å². The van der Waals surface area contributed by atoms with Gasteiger partial charge in [-0.15, -0.1) is 0 Å². The molecule has 0 saturated heterocycles. The van der Waals surface area contributed by atoms with Crippen LogP contribution in [0.2, 0.25) is 0 Å². The van der Waals surface area contributed by atoms with E-state index >= 15 is 0 Å². The van der Waals surface area contributed by atoms with E-state index in [1.165, 1.54) is 210 Å². The molecule has 0 bridgehead atoms. The van der Waals surface area contributed by atoms with Crippen LogP contribution in [0.15, 0.2) is 70.7 Å². The molecule has 0 N–H and O–H groups in total. The summed E-state index contributed by atoms with van der Waals surface area (Å²) in [6.45, 7) is 6.87. The fraction of sp³-hybridized carbons (Fsp3) is 0.698. The van der Waals surface area contributed by atoms with Gasteiger partial charge in [-0.25, -0.2) is 4.99 Å². The molecule has 3 heteroatoms. The Hall–Kier alpha value is -1.99. The van der Waals surface area contributed by atoms with Crippen molar-refractivity contribution in [2.45, 2.75) is 239 Å². The number of rotatable bonds is 38. The average Bonchev–Trinajstić information content (AvgIpc) is 3.21. The van der Waals surface area contributed by atoms with E-state index in [1.54, 1.807) is 0 Å². The van der Waals surface area contributed by atoms with E-state index in [0.29, 0.717) is 0 Å². The van der Waals surface area contributed by atoms with Crippen LogP contribution in [0.1, 0.15) is 237 Å². The maximum atomic E-state index is 5.03. The van der Waals surface area contributed by atoms with E-state index < -0.39 is 0 Å². The SMILES string of the molecule is CCCCCCCCCCCCCCCCCCCCCCCC=CC(C=Nc1ccc(CCCCCCC)cc1)=Nc1ccc(CCCCCCC)cc1.[Ni]. The number of allylic oxidation sites excluding steroid dienone is 2. The van der Waals surface area contributed by atoms with Crippen molar-refractivity contribution < 1.29 is 16.5 Å². The van der Waals surface area contributed by atoms with Gasteiger partial charge in [0.05, 0.1) is 23.3 Å². The van der Waals surface area contributed by atoms with Crippen molar-refractivity contribution in [3.63, 3.8) is 0 Å². The summed E-state index contributed by atoms with van der Waals surface area (Å²) in [4.78, 5) is 9.87. The molecule has 0 aliphatic rings. The Morgan fingerprint density at radius 1 is 0.393 bits per heavy atom. The quantitative estimate of drug-likeness (QED) is 0.0367. The standard InChI is InChI=1S/C53H88N2.Ni/c1-4-7-10-13-14-15-16-17-18-19-20-21-22-23-24-25-26-27-28-29-30-33-36-39-53(55-52-46-42-50(43-47-52)38-35-32-12-9-6-3)48-54-51-44-40-49(41-45-51)37-34-31-11-8-5-2;/h36,39-48H,4-35,37-38H2,1-3H3;. The molecular formula is C53H88N2Ni. The van der Waals surface area contributed by atoms with Gasteiger partial charge >= 0.3 is 0 Å². The molecule has 0 saturated carbocycles. The second kappa shape index (κ2) is 39.8. The second-order valence-electron chi connectivity index (χ2n) is 16.7. The summed E-state index contributed by atoms with van der Waals surface area (Å²) >= 11 is 0. The fourth-order valence-corrected chi connectivity index (χ4v) is 7.65. The van der Waals surface area contributed by atoms with Crippen molar-refractivity contribution in [1.82, 2.24) is 0 Å². The Labute approximate surface area is 359 Å². The summed E-state index contributed by atoms with van der Waals surface area (Å²) in [6.07, 6.45) is 53.1. The summed E-state index contributed by atoms with van der Waals surface area (Å²) in [5.41, 5.74) is 5.77. The molecule has 2 rings (SSSR count). The first-order chi connectivity index (χ1) is 27.2. The van der Waals surface area contributed by atoms with Gasteiger partial charge in [-0.05, 0) is 80.0 Å². The smallest absolute Gasteiger partial charge is 0.0816 e. The molecule has 0 radical (unpaired) electrons. The van der Waals surface area contributed by atoms with Gasteiger partial charge in [0, 0.05) is 16.5 Å². The van der Waals surface area contributed by atoms with Crippen LogP contribution in [-0.2, 0) is 29.3 Å². The third-order valence-electron chi connectivity index (χ3n) is 11.4. The summed E-state index contributed by atoms with van der Waals surface area (Å²) in [7, 11) is 0. The van der Waals surface area contributed by atoms with Crippen LogP contribution >= 0.6 is 0 Å². The van der Waals surface area contributed by atoms with Crippen LogP contribution < -0.4 is 0 Å². The first kappa shape index (κ1) is 52.0. The predicted molar refractivity (Wildman–Crippen MR) is 249 cm³/mol. The van der Waals surface area contributed by atoms with Gasteiger partial charge in [0.1, 0.15) is 0 Å². The molecule has 2 aromatic carbocycles. The number of unbranched alkanes of at least 4 members (excludes halogenated alkanes) is 29. The number of aliphatic imine (C=N–C) groups is 2. The zero-order chi connectivity index (χ0) is 39.1. The number of hydrogen-bond donors (Lipinski definition) is 0. The summed E-state index contributed by atoms with van der Waals surface area (Å²) in [6, 6.07) is 17.7. The zero-order valence-corrected chi connectivity index (χ0v) is 38.1. The third kappa shape index (κ3) is 31.1. The maximum absolute atomic E-state index is 5.03.